The van der Waals surface area contributed by atoms with Gasteiger partial charge < -0.3 is 19.3 Å². The fourth-order valence-electron chi connectivity index (χ4n) is 2.23. The second-order valence-corrected chi connectivity index (χ2v) is 4.74. The van der Waals surface area contributed by atoms with Gasteiger partial charge in [0.25, 0.3) is 5.89 Å². The fourth-order valence-corrected chi connectivity index (χ4v) is 2.23. The van der Waals surface area contributed by atoms with Crippen molar-refractivity contribution >= 4 is 5.82 Å². The van der Waals surface area contributed by atoms with Crippen LogP contribution in [0.3, 0.4) is 0 Å². The number of ether oxygens (including phenoxy) is 1. The van der Waals surface area contributed by atoms with Crippen LogP contribution in [0.5, 0.6) is 0 Å². The first-order valence-electron chi connectivity index (χ1n) is 6.47. The molecule has 0 aliphatic carbocycles. The van der Waals surface area contributed by atoms with Gasteiger partial charge >= 0.3 is 0 Å². The zero-order valence-electron chi connectivity index (χ0n) is 11.2. The minimum absolute atomic E-state index is 0.280. The molecule has 1 saturated heterocycles. The second kappa shape index (κ2) is 5.56. The molecule has 0 bridgehead atoms. The topological polar surface area (TPSA) is 84.5 Å². The molecule has 2 aromatic heterocycles. The highest BCUT2D eigenvalue weighted by Crippen LogP contribution is 2.24. The maximum atomic E-state index is 9.59. The van der Waals surface area contributed by atoms with Gasteiger partial charge in [0.1, 0.15) is 12.4 Å². The van der Waals surface area contributed by atoms with Crippen LogP contribution in [0.4, 0.5) is 5.82 Å². The SMILES string of the molecule is COCc1noc(-c2ccnc(N3CCC(O)C3)c2)n1. The molecule has 1 unspecified atom stereocenters. The summed E-state index contributed by atoms with van der Waals surface area (Å²) in [5, 5.41) is 13.4. The standard InChI is InChI=1S/C13H16N4O3/c1-19-8-11-15-13(20-16-11)9-2-4-14-12(6-9)17-5-3-10(18)7-17/h2,4,6,10,18H,3,5,7-8H2,1H3. The fraction of sp³-hybridized carbons (Fsp3) is 0.462. The number of β-amino-alcohol motifs (C(OH)–C–C–N with tert-alkyl or cyclic N) is 1. The summed E-state index contributed by atoms with van der Waals surface area (Å²) in [5.41, 5.74) is 0.811. The molecule has 0 aromatic carbocycles. The minimum atomic E-state index is -0.280. The van der Waals surface area contributed by atoms with E-state index in [-0.39, 0.29) is 6.10 Å². The Balaban J connectivity index is 1.83. The van der Waals surface area contributed by atoms with E-state index < -0.39 is 0 Å². The number of pyridine rings is 1. The zero-order valence-corrected chi connectivity index (χ0v) is 11.2. The average molecular weight is 276 g/mol. The molecule has 7 heteroatoms. The van der Waals surface area contributed by atoms with E-state index in [1.165, 1.54) is 0 Å². The summed E-state index contributed by atoms with van der Waals surface area (Å²) >= 11 is 0. The van der Waals surface area contributed by atoms with Crippen LogP contribution >= 0.6 is 0 Å². The number of hydrogen-bond donors (Lipinski definition) is 1. The van der Waals surface area contributed by atoms with Crippen molar-refractivity contribution in [1.82, 2.24) is 15.1 Å². The molecule has 1 N–H and O–H groups in total. The van der Waals surface area contributed by atoms with Gasteiger partial charge in [0.15, 0.2) is 5.82 Å². The van der Waals surface area contributed by atoms with Gasteiger partial charge in [-0.25, -0.2) is 4.98 Å². The molecule has 2 aromatic rings. The number of anilines is 1. The number of aromatic nitrogens is 3. The summed E-state index contributed by atoms with van der Waals surface area (Å²) in [5.74, 6) is 1.77. The van der Waals surface area contributed by atoms with Gasteiger partial charge in [0.05, 0.1) is 6.10 Å². The van der Waals surface area contributed by atoms with Crippen molar-refractivity contribution in [1.29, 1.82) is 0 Å². The number of aliphatic hydroxyl groups excluding tert-OH is 1. The molecule has 106 valence electrons. The Morgan fingerprint density at radius 3 is 3.20 bits per heavy atom. The van der Waals surface area contributed by atoms with E-state index >= 15 is 0 Å². The van der Waals surface area contributed by atoms with Gasteiger partial charge in [-0.05, 0) is 18.6 Å². The van der Waals surface area contributed by atoms with Crippen molar-refractivity contribution in [3.8, 4) is 11.5 Å². The number of aliphatic hydroxyl groups is 1. The normalized spacial score (nSPS) is 18.7. The molecule has 20 heavy (non-hydrogen) atoms. The summed E-state index contributed by atoms with van der Waals surface area (Å²) in [7, 11) is 1.58. The van der Waals surface area contributed by atoms with Crippen LogP contribution in [-0.4, -0.2) is 46.5 Å². The Morgan fingerprint density at radius 1 is 1.55 bits per heavy atom. The predicted octanol–water partition coefficient (Wildman–Crippen LogP) is 0.849. The zero-order chi connectivity index (χ0) is 13.9. The molecule has 0 saturated carbocycles. The third kappa shape index (κ3) is 2.63. The van der Waals surface area contributed by atoms with Gasteiger partial charge in [-0.3, -0.25) is 0 Å². The largest absolute Gasteiger partial charge is 0.391 e. The molecule has 0 amide bonds. The summed E-state index contributed by atoms with van der Waals surface area (Å²) in [6.45, 7) is 1.73. The highest BCUT2D eigenvalue weighted by molar-refractivity contribution is 5.58. The van der Waals surface area contributed by atoms with E-state index in [1.54, 1.807) is 13.3 Å². The first-order chi connectivity index (χ1) is 9.76. The Hall–Kier alpha value is -1.99. The minimum Gasteiger partial charge on any atom is -0.391 e. The lowest BCUT2D eigenvalue weighted by atomic mass is 10.2. The quantitative estimate of drug-likeness (QED) is 0.886. The van der Waals surface area contributed by atoms with E-state index in [4.69, 9.17) is 9.26 Å². The Bertz CT molecular complexity index is 587. The number of nitrogens with zero attached hydrogens (tertiary/aromatic N) is 4. The molecule has 0 spiro atoms. The summed E-state index contributed by atoms with van der Waals surface area (Å²) < 4.78 is 10.2. The summed E-state index contributed by atoms with van der Waals surface area (Å²) in [4.78, 5) is 10.6. The molecule has 0 radical (unpaired) electrons. The lowest BCUT2D eigenvalue weighted by Gasteiger charge is -2.16. The van der Waals surface area contributed by atoms with Crippen molar-refractivity contribution in [2.45, 2.75) is 19.1 Å². The first-order valence-corrected chi connectivity index (χ1v) is 6.47. The van der Waals surface area contributed by atoms with Gasteiger partial charge in [0, 0.05) is 32.0 Å². The molecule has 3 heterocycles. The van der Waals surface area contributed by atoms with E-state index in [0.29, 0.717) is 24.9 Å². The van der Waals surface area contributed by atoms with Crippen molar-refractivity contribution < 1.29 is 14.4 Å². The van der Waals surface area contributed by atoms with E-state index in [0.717, 1.165) is 24.3 Å². The highest BCUT2D eigenvalue weighted by atomic mass is 16.5. The summed E-state index contributed by atoms with van der Waals surface area (Å²) in [6.07, 6.45) is 2.19. The van der Waals surface area contributed by atoms with Crippen LogP contribution in [0.15, 0.2) is 22.9 Å². The van der Waals surface area contributed by atoms with E-state index in [2.05, 4.69) is 15.1 Å². The number of rotatable bonds is 4. The van der Waals surface area contributed by atoms with E-state index in [9.17, 15) is 5.11 Å². The van der Waals surface area contributed by atoms with Gasteiger partial charge in [-0.1, -0.05) is 5.16 Å². The maximum absolute atomic E-state index is 9.59. The molecule has 1 aliphatic rings. The third-order valence-corrected chi connectivity index (χ3v) is 3.22. The van der Waals surface area contributed by atoms with Crippen molar-refractivity contribution in [3.63, 3.8) is 0 Å². The first kappa shape index (κ1) is 13.0. The lowest BCUT2D eigenvalue weighted by Crippen LogP contribution is -2.22. The van der Waals surface area contributed by atoms with Gasteiger partial charge in [0.2, 0.25) is 0 Å². The molecule has 1 aliphatic heterocycles. The van der Waals surface area contributed by atoms with Crippen LogP contribution in [-0.2, 0) is 11.3 Å². The monoisotopic (exact) mass is 276 g/mol. The van der Waals surface area contributed by atoms with Gasteiger partial charge in [-0.15, -0.1) is 0 Å². The van der Waals surface area contributed by atoms with Gasteiger partial charge in [-0.2, -0.15) is 4.98 Å². The molecular weight excluding hydrogens is 260 g/mol. The highest BCUT2D eigenvalue weighted by Gasteiger charge is 2.22. The van der Waals surface area contributed by atoms with Crippen LogP contribution < -0.4 is 4.90 Å². The third-order valence-electron chi connectivity index (χ3n) is 3.22. The van der Waals surface area contributed by atoms with E-state index in [1.807, 2.05) is 17.0 Å². The van der Waals surface area contributed by atoms with Crippen molar-refractivity contribution in [2.75, 3.05) is 25.1 Å². The molecule has 1 atom stereocenters. The van der Waals surface area contributed by atoms with Crippen molar-refractivity contribution in [2.24, 2.45) is 0 Å². The Morgan fingerprint density at radius 2 is 2.45 bits per heavy atom. The predicted molar refractivity (Wildman–Crippen MR) is 71.1 cm³/mol. The molecular formula is C13H16N4O3. The van der Waals surface area contributed by atoms with Crippen molar-refractivity contribution in [3.05, 3.63) is 24.2 Å². The summed E-state index contributed by atoms with van der Waals surface area (Å²) in [6, 6.07) is 3.71. The maximum Gasteiger partial charge on any atom is 0.258 e. The smallest absolute Gasteiger partial charge is 0.258 e. The average Bonchev–Trinajstić information content (AvgIpc) is 3.09. The lowest BCUT2D eigenvalue weighted by molar-refractivity contribution is 0.174. The molecule has 3 rings (SSSR count). The van der Waals surface area contributed by atoms with Crippen LogP contribution in [0.25, 0.3) is 11.5 Å². The van der Waals surface area contributed by atoms with Crippen LogP contribution in [0.1, 0.15) is 12.2 Å². The molecule has 1 fully saturated rings. The Kier molecular flexibility index (Phi) is 3.62. The molecule has 7 nitrogen and oxygen atoms in total. The number of methoxy groups -OCH3 is 1. The second-order valence-electron chi connectivity index (χ2n) is 4.74. The Labute approximate surface area is 116 Å². The number of hydrogen-bond acceptors (Lipinski definition) is 7. The van der Waals surface area contributed by atoms with Crippen LogP contribution in [0, 0.1) is 0 Å². The van der Waals surface area contributed by atoms with Crippen LogP contribution in [0.2, 0.25) is 0 Å².